The van der Waals surface area contributed by atoms with E-state index in [-0.39, 0.29) is 0 Å². The van der Waals surface area contributed by atoms with Crippen molar-refractivity contribution in [2.45, 2.75) is 26.3 Å². The average molecular weight is 238 g/mol. The van der Waals surface area contributed by atoms with Gasteiger partial charge in [0.15, 0.2) is 5.82 Å². The summed E-state index contributed by atoms with van der Waals surface area (Å²) in [6, 6.07) is 0. The Morgan fingerprint density at radius 2 is 2.38 bits per heavy atom. The van der Waals surface area contributed by atoms with E-state index in [4.69, 9.17) is 5.73 Å². The molecule has 6 nitrogen and oxygen atoms in total. The maximum Gasteiger partial charge on any atom is 0.157 e. The molecule has 2 heterocycles. The second kappa shape index (κ2) is 5.13. The molecule has 16 heavy (non-hydrogen) atoms. The molecule has 0 atom stereocenters. The summed E-state index contributed by atoms with van der Waals surface area (Å²) in [6.45, 7) is 3.41. The van der Waals surface area contributed by atoms with Gasteiger partial charge in [-0.2, -0.15) is 0 Å². The Balaban J connectivity index is 2.06. The third-order valence-corrected chi connectivity index (χ3v) is 3.01. The van der Waals surface area contributed by atoms with E-state index >= 15 is 0 Å². The lowest BCUT2D eigenvalue weighted by Gasteiger charge is -2.01. The first-order valence-electron chi connectivity index (χ1n) is 5.15. The molecule has 2 rings (SSSR count). The van der Waals surface area contributed by atoms with Gasteiger partial charge in [0.1, 0.15) is 0 Å². The Bertz CT molecular complexity index is 448. The third kappa shape index (κ3) is 2.61. The maximum absolute atomic E-state index is 5.46. The summed E-state index contributed by atoms with van der Waals surface area (Å²) in [7, 11) is 0. The number of nitrogens with two attached hydrogens (primary N) is 1. The average Bonchev–Trinajstić information content (AvgIpc) is 2.86. The van der Waals surface area contributed by atoms with Crippen molar-refractivity contribution in [2.75, 3.05) is 6.54 Å². The van der Waals surface area contributed by atoms with Gasteiger partial charge in [0.25, 0.3) is 0 Å². The number of aryl methyl sites for hydroxylation is 2. The Morgan fingerprint density at radius 3 is 3.06 bits per heavy atom. The third-order valence-electron chi connectivity index (χ3n) is 2.19. The predicted molar refractivity (Wildman–Crippen MR) is 61.1 cm³/mol. The van der Waals surface area contributed by atoms with E-state index in [1.54, 1.807) is 16.0 Å². The SMILES string of the molecule is Cc1nc(Cc2nnnn2CCCN)cs1. The van der Waals surface area contributed by atoms with E-state index in [1.165, 1.54) is 0 Å². The summed E-state index contributed by atoms with van der Waals surface area (Å²) in [5, 5.41) is 14.7. The summed E-state index contributed by atoms with van der Waals surface area (Å²) >= 11 is 1.64. The molecule has 0 bridgehead atoms. The van der Waals surface area contributed by atoms with Gasteiger partial charge >= 0.3 is 0 Å². The van der Waals surface area contributed by atoms with Gasteiger partial charge in [0.2, 0.25) is 0 Å². The molecule has 0 radical (unpaired) electrons. The highest BCUT2D eigenvalue weighted by molar-refractivity contribution is 7.09. The van der Waals surface area contributed by atoms with Crippen LogP contribution in [0, 0.1) is 6.92 Å². The molecule has 2 N–H and O–H groups in total. The Morgan fingerprint density at radius 1 is 1.50 bits per heavy atom. The molecule has 0 spiro atoms. The molecule has 2 aromatic heterocycles. The van der Waals surface area contributed by atoms with Crippen molar-refractivity contribution in [3.8, 4) is 0 Å². The van der Waals surface area contributed by atoms with Gasteiger partial charge in [-0.3, -0.25) is 0 Å². The van der Waals surface area contributed by atoms with E-state index in [1.807, 2.05) is 12.3 Å². The highest BCUT2D eigenvalue weighted by Crippen LogP contribution is 2.11. The summed E-state index contributed by atoms with van der Waals surface area (Å²) in [6.07, 6.45) is 1.57. The zero-order valence-electron chi connectivity index (χ0n) is 9.13. The van der Waals surface area contributed by atoms with Crippen molar-refractivity contribution >= 4 is 11.3 Å². The zero-order valence-corrected chi connectivity index (χ0v) is 9.94. The van der Waals surface area contributed by atoms with Crippen LogP contribution in [0.4, 0.5) is 0 Å². The zero-order chi connectivity index (χ0) is 11.4. The molecule has 0 aromatic carbocycles. The monoisotopic (exact) mass is 238 g/mol. The molecule has 0 saturated heterocycles. The second-order valence-electron chi connectivity index (χ2n) is 3.50. The van der Waals surface area contributed by atoms with Crippen LogP contribution in [0.2, 0.25) is 0 Å². The first-order valence-corrected chi connectivity index (χ1v) is 6.03. The van der Waals surface area contributed by atoms with Crippen LogP contribution in [0.5, 0.6) is 0 Å². The molecule has 0 unspecified atom stereocenters. The van der Waals surface area contributed by atoms with Gasteiger partial charge in [-0.1, -0.05) is 0 Å². The molecule has 0 amide bonds. The van der Waals surface area contributed by atoms with Crippen molar-refractivity contribution in [2.24, 2.45) is 5.73 Å². The lowest BCUT2D eigenvalue weighted by Crippen LogP contribution is -2.10. The fourth-order valence-corrected chi connectivity index (χ4v) is 2.03. The number of tetrazole rings is 1. The minimum atomic E-state index is 0.648. The Kier molecular flexibility index (Phi) is 3.58. The highest BCUT2D eigenvalue weighted by Gasteiger charge is 2.08. The standard InChI is InChI=1S/C9H14N6S/c1-7-11-8(6-16-7)5-9-12-13-14-15(9)4-2-3-10/h6H,2-5,10H2,1H3. The van der Waals surface area contributed by atoms with Crippen LogP contribution in [-0.2, 0) is 13.0 Å². The Labute approximate surface area is 97.5 Å². The molecule has 0 fully saturated rings. The number of nitrogens with zero attached hydrogens (tertiary/aromatic N) is 5. The van der Waals surface area contributed by atoms with Crippen LogP contribution in [-0.4, -0.2) is 31.7 Å². The molecule has 0 aliphatic rings. The van der Waals surface area contributed by atoms with Crippen LogP contribution >= 0.6 is 11.3 Å². The summed E-state index contributed by atoms with van der Waals surface area (Å²) in [4.78, 5) is 4.39. The van der Waals surface area contributed by atoms with Gasteiger partial charge in [-0.05, 0) is 30.3 Å². The lowest BCUT2D eigenvalue weighted by atomic mass is 10.3. The molecule has 86 valence electrons. The van der Waals surface area contributed by atoms with Gasteiger partial charge in [-0.25, -0.2) is 9.67 Å². The van der Waals surface area contributed by atoms with Crippen molar-refractivity contribution in [3.05, 3.63) is 21.9 Å². The highest BCUT2D eigenvalue weighted by atomic mass is 32.1. The fraction of sp³-hybridized carbons (Fsp3) is 0.556. The summed E-state index contributed by atoms with van der Waals surface area (Å²) < 4.78 is 1.79. The molecular formula is C9H14N6S. The molecular weight excluding hydrogens is 224 g/mol. The van der Waals surface area contributed by atoms with E-state index in [0.29, 0.717) is 13.0 Å². The largest absolute Gasteiger partial charge is 0.330 e. The van der Waals surface area contributed by atoms with Crippen molar-refractivity contribution in [3.63, 3.8) is 0 Å². The normalized spacial score (nSPS) is 10.9. The van der Waals surface area contributed by atoms with Crippen molar-refractivity contribution in [1.82, 2.24) is 25.2 Å². The van der Waals surface area contributed by atoms with Crippen molar-refractivity contribution in [1.29, 1.82) is 0 Å². The first kappa shape index (κ1) is 11.2. The predicted octanol–water partition coefficient (Wildman–Crippen LogP) is 0.378. The van der Waals surface area contributed by atoms with E-state index in [0.717, 1.165) is 29.5 Å². The quantitative estimate of drug-likeness (QED) is 0.814. The van der Waals surface area contributed by atoms with E-state index in [9.17, 15) is 0 Å². The fourth-order valence-electron chi connectivity index (χ4n) is 1.42. The number of rotatable bonds is 5. The molecule has 2 aromatic rings. The maximum atomic E-state index is 5.46. The smallest absolute Gasteiger partial charge is 0.157 e. The van der Waals surface area contributed by atoms with Crippen LogP contribution in [0.1, 0.15) is 22.9 Å². The van der Waals surface area contributed by atoms with Crippen molar-refractivity contribution < 1.29 is 0 Å². The van der Waals surface area contributed by atoms with E-state index < -0.39 is 0 Å². The van der Waals surface area contributed by atoms with Gasteiger partial charge in [-0.15, -0.1) is 16.4 Å². The minimum absolute atomic E-state index is 0.648. The summed E-state index contributed by atoms with van der Waals surface area (Å²) in [5.74, 6) is 0.846. The van der Waals surface area contributed by atoms with Gasteiger partial charge in [0.05, 0.1) is 17.1 Å². The van der Waals surface area contributed by atoms with Crippen LogP contribution < -0.4 is 5.73 Å². The second-order valence-corrected chi connectivity index (χ2v) is 4.56. The Hall–Kier alpha value is -1.34. The van der Waals surface area contributed by atoms with Gasteiger partial charge in [0, 0.05) is 11.9 Å². The topological polar surface area (TPSA) is 82.5 Å². The number of aromatic nitrogens is 5. The van der Waals surface area contributed by atoms with Crippen LogP contribution in [0.25, 0.3) is 0 Å². The molecule has 0 aliphatic heterocycles. The molecule has 0 saturated carbocycles. The molecule has 0 aliphatic carbocycles. The number of thiazole rings is 1. The molecule has 7 heteroatoms. The van der Waals surface area contributed by atoms with Gasteiger partial charge < -0.3 is 5.73 Å². The summed E-state index contributed by atoms with van der Waals surface area (Å²) in [5.41, 5.74) is 6.48. The van der Waals surface area contributed by atoms with E-state index in [2.05, 4.69) is 20.5 Å². The first-order chi connectivity index (χ1) is 7.79. The lowest BCUT2D eigenvalue weighted by molar-refractivity contribution is 0.546. The minimum Gasteiger partial charge on any atom is -0.330 e. The number of hydrogen-bond donors (Lipinski definition) is 1. The number of hydrogen-bond acceptors (Lipinski definition) is 6. The van der Waals surface area contributed by atoms with Crippen LogP contribution in [0.3, 0.4) is 0 Å². The van der Waals surface area contributed by atoms with Crippen LogP contribution in [0.15, 0.2) is 5.38 Å².